The number of aryl methyl sites for hydroxylation is 1. The molecule has 140 valence electrons. The van der Waals surface area contributed by atoms with Crippen LogP contribution in [0.4, 0.5) is 4.39 Å². The Kier molecular flexibility index (Phi) is 4.84. The molecule has 0 saturated carbocycles. The van der Waals surface area contributed by atoms with Crippen LogP contribution < -0.4 is 4.74 Å². The average Bonchev–Trinajstić information content (AvgIpc) is 2.55. The first-order valence-electron chi connectivity index (χ1n) is 7.92. The van der Waals surface area contributed by atoms with E-state index in [0.29, 0.717) is 21.9 Å². The molecule has 1 aromatic heterocycles. The van der Waals surface area contributed by atoms with Crippen LogP contribution in [0.3, 0.4) is 0 Å². The molecule has 0 spiro atoms. The van der Waals surface area contributed by atoms with Gasteiger partial charge in [-0.05, 0) is 42.1 Å². The second-order valence-corrected chi connectivity index (χ2v) is 8.21. The summed E-state index contributed by atoms with van der Waals surface area (Å²) in [7, 11) is -3.41. The van der Waals surface area contributed by atoms with E-state index < -0.39 is 21.6 Å². The number of rotatable bonds is 5. The zero-order chi connectivity index (χ0) is 19.8. The van der Waals surface area contributed by atoms with Crippen molar-refractivity contribution < 1.29 is 27.4 Å². The van der Waals surface area contributed by atoms with E-state index >= 15 is 0 Å². The first kappa shape index (κ1) is 18.8. The molecule has 1 N–H and O–H groups in total. The first-order chi connectivity index (χ1) is 12.6. The fraction of sp³-hybridized carbons (Fsp3) is 0.158. The number of ether oxygens (including phenoxy) is 1. The lowest BCUT2D eigenvalue weighted by Crippen LogP contribution is -2.02. The average molecular weight is 389 g/mol. The van der Waals surface area contributed by atoms with Crippen LogP contribution in [0.1, 0.15) is 11.1 Å². The molecule has 3 rings (SSSR count). The molecule has 0 unspecified atom stereocenters. The number of carbonyl (C=O) groups is 1. The van der Waals surface area contributed by atoms with Crippen molar-refractivity contribution in [2.75, 3.05) is 6.26 Å². The molecular weight excluding hydrogens is 373 g/mol. The van der Waals surface area contributed by atoms with Crippen molar-refractivity contribution in [2.45, 2.75) is 18.2 Å². The second-order valence-electron chi connectivity index (χ2n) is 6.20. The highest BCUT2D eigenvalue weighted by atomic mass is 32.2. The summed E-state index contributed by atoms with van der Waals surface area (Å²) in [4.78, 5) is 15.2. The molecule has 2 aromatic carbocycles. The number of fused-ring (bicyclic) bond motifs is 1. The van der Waals surface area contributed by atoms with E-state index in [2.05, 4.69) is 4.98 Å². The van der Waals surface area contributed by atoms with Gasteiger partial charge in [0, 0.05) is 23.4 Å². The number of hydrogen-bond acceptors (Lipinski definition) is 5. The standard InChI is InChI=1S/C19H16FNO5S/c1-11-5-15(27(2,24)25)10-21-19(11)26-17-7-12(8-18(22)23)6-13-3-4-14(20)9-16(13)17/h3-7,9-10H,8H2,1-2H3,(H,22,23). The number of halogens is 1. The number of sulfone groups is 1. The van der Waals surface area contributed by atoms with Crippen molar-refractivity contribution in [1.29, 1.82) is 0 Å². The molecule has 3 aromatic rings. The number of pyridine rings is 1. The van der Waals surface area contributed by atoms with Crippen LogP contribution in [0.2, 0.25) is 0 Å². The van der Waals surface area contributed by atoms with Crippen molar-refractivity contribution in [2.24, 2.45) is 0 Å². The molecular formula is C19H16FNO5S. The number of carboxylic acid groups (broad SMARTS) is 1. The Morgan fingerprint density at radius 1 is 1.22 bits per heavy atom. The van der Waals surface area contributed by atoms with Crippen LogP contribution in [-0.2, 0) is 21.1 Å². The van der Waals surface area contributed by atoms with E-state index in [-0.39, 0.29) is 22.9 Å². The molecule has 0 saturated heterocycles. The molecule has 27 heavy (non-hydrogen) atoms. The van der Waals surface area contributed by atoms with Gasteiger partial charge in [0.2, 0.25) is 5.88 Å². The first-order valence-corrected chi connectivity index (χ1v) is 9.81. The van der Waals surface area contributed by atoms with Gasteiger partial charge in [0.25, 0.3) is 0 Å². The molecule has 1 heterocycles. The van der Waals surface area contributed by atoms with Gasteiger partial charge in [0.1, 0.15) is 11.6 Å². The Hall–Kier alpha value is -3.00. The van der Waals surface area contributed by atoms with Gasteiger partial charge in [-0.25, -0.2) is 17.8 Å². The molecule has 0 fully saturated rings. The third-order valence-corrected chi connectivity index (χ3v) is 5.01. The zero-order valence-corrected chi connectivity index (χ0v) is 15.4. The van der Waals surface area contributed by atoms with Gasteiger partial charge in [-0.1, -0.05) is 12.1 Å². The Morgan fingerprint density at radius 2 is 1.96 bits per heavy atom. The summed E-state index contributed by atoms with van der Waals surface area (Å²) in [6.07, 6.45) is 2.04. The fourth-order valence-electron chi connectivity index (χ4n) is 2.67. The summed E-state index contributed by atoms with van der Waals surface area (Å²) in [5.74, 6) is -1.07. The molecule has 0 aliphatic heterocycles. The normalized spacial score (nSPS) is 11.5. The molecule has 0 bridgehead atoms. The van der Waals surface area contributed by atoms with E-state index in [0.717, 1.165) is 6.26 Å². The summed E-state index contributed by atoms with van der Waals surface area (Å²) < 4.78 is 42.8. The minimum absolute atomic E-state index is 0.0582. The smallest absolute Gasteiger partial charge is 0.307 e. The molecule has 0 atom stereocenters. The largest absolute Gasteiger partial charge is 0.481 e. The monoisotopic (exact) mass is 389 g/mol. The summed E-state index contributed by atoms with van der Waals surface area (Å²) in [6.45, 7) is 1.64. The van der Waals surface area contributed by atoms with Crippen LogP contribution >= 0.6 is 0 Å². The highest BCUT2D eigenvalue weighted by molar-refractivity contribution is 7.90. The predicted molar refractivity (Wildman–Crippen MR) is 97.4 cm³/mol. The van der Waals surface area contributed by atoms with Crippen LogP contribution in [0, 0.1) is 12.7 Å². The molecule has 0 amide bonds. The summed E-state index contributed by atoms with van der Waals surface area (Å²) >= 11 is 0. The van der Waals surface area contributed by atoms with Crippen molar-refractivity contribution >= 4 is 26.6 Å². The van der Waals surface area contributed by atoms with E-state index in [9.17, 15) is 17.6 Å². The number of aliphatic carboxylic acids is 1. The predicted octanol–water partition coefficient (Wildman–Crippen LogP) is 3.51. The van der Waals surface area contributed by atoms with Gasteiger partial charge >= 0.3 is 5.97 Å². The lowest BCUT2D eigenvalue weighted by Gasteiger charge is -2.13. The van der Waals surface area contributed by atoms with Gasteiger partial charge in [-0.3, -0.25) is 4.79 Å². The van der Waals surface area contributed by atoms with Crippen molar-refractivity contribution in [3.8, 4) is 11.6 Å². The van der Waals surface area contributed by atoms with E-state index in [4.69, 9.17) is 9.84 Å². The maximum Gasteiger partial charge on any atom is 0.307 e. The molecule has 0 aliphatic rings. The summed E-state index contributed by atoms with van der Waals surface area (Å²) in [6, 6.07) is 8.71. The van der Waals surface area contributed by atoms with Crippen LogP contribution in [0.15, 0.2) is 47.5 Å². The number of hydrogen-bond donors (Lipinski definition) is 1. The second kappa shape index (κ2) is 6.96. The van der Waals surface area contributed by atoms with Crippen LogP contribution in [-0.4, -0.2) is 30.7 Å². The minimum atomic E-state index is -3.41. The third-order valence-electron chi connectivity index (χ3n) is 3.93. The van der Waals surface area contributed by atoms with Crippen molar-refractivity contribution in [3.05, 3.63) is 59.5 Å². The number of aromatic nitrogens is 1. The SMILES string of the molecule is Cc1cc(S(C)(=O)=O)cnc1Oc1cc(CC(=O)O)cc2ccc(F)cc12. The molecule has 0 radical (unpaired) electrons. The number of carboxylic acids is 1. The lowest BCUT2D eigenvalue weighted by molar-refractivity contribution is -0.136. The third kappa shape index (κ3) is 4.22. The highest BCUT2D eigenvalue weighted by Crippen LogP contribution is 2.33. The Balaban J connectivity index is 2.10. The quantitative estimate of drug-likeness (QED) is 0.718. The van der Waals surface area contributed by atoms with E-state index in [1.807, 2.05) is 0 Å². The Morgan fingerprint density at radius 3 is 2.59 bits per heavy atom. The Labute approximate surface area is 155 Å². The van der Waals surface area contributed by atoms with Gasteiger partial charge < -0.3 is 9.84 Å². The van der Waals surface area contributed by atoms with Gasteiger partial charge in [-0.15, -0.1) is 0 Å². The summed E-state index contributed by atoms with van der Waals surface area (Å²) in [5, 5.41) is 10.1. The van der Waals surface area contributed by atoms with Crippen molar-refractivity contribution in [3.63, 3.8) is 0 Å². The number of nitrogens with zero attached hydrogens (tertiary/aromatic N) is 1. The van der Waals surface area contributed by atoms with E-state index in [1.54, 1.807) is 13.0 Å². The van der Waals surface area contributed by atoms with Crippen LogP contribution in [0.5, 0.6) is 11.6 Å². The maximum atomic E-state index is 13.7. The van der Waals surface area contributed by atoms with Gasteiger partial charge in [-0.2, -0.15) is 0 Å². The van der Waals surface area contributed by atoms with E-state index in [1.165, 1.54) is 36.5 Å². The number of benzene rings is 2. The Bertz CT molecular complexity index is 1160. The van der Waals surface area contributed by atoms with Gasteiger partial charge in [0.15, 0.2) is 9.84 Å². The van der Waals surface area contributed by atoms with Gasteiger partial charge in [0.05, 0.1) is 11.3 Å². The highest BCUT2D eigenvalue weighted by Gasteiger charge is 2.14. The topological polar surface area (TPSA) is 93.6 Å². The molecule has 8 heteroatoms. The maximum absolute atomic E-state index is 13.7. The molecule has 6 nitrogen and oxygen atoms in total. The zero-order valence-electron chi connectivity index (χ0n) is 14.6. The fourth-order valence-corrected chi connectivity index (χ4v) is 3.30. The van der Waals surface area contributed by atoms with Crippen LogP contribution in [0.25, 0.3) is 10.8 Å². The minimum Gasteiger partial charge on any atom is -0.481 e. The lowest BCUT2D eigenvalue weighted by atomic mass is 10.0. The molecule has 0 aliphatic carbocycles. The summed E-state index contributed by atoms with van der Waals surface area (Å²) in [5.41, 5.74) is 0.966. The van der Waals surface area contributed by atoms with Crippen molar-refractivity contribution in [1.82, 2.24) is 4.98 Å².